The highest BCUT2D eigenvalue weighted by Gasteiger charge is 2.33. The van der Waals surface area contributed by atoms with E-state index >= 15 is 0 Å². The van der Waals surface area contributed by atoms with Gasteiger partial charge in [-0.25, -0.2) is 0 Å². The van der Waals surface area contributed by atoms with Crippen molar-refractivity contribution < 1.29 is 4.74 Å². The monoisotopic (exact) mass is 254 g/mol. The van der Waals surface area contributed by atoms with Crippen molar-refractivity contribution >= 4 is 0 Å². The topological polar surface area (TPSA) is 24.5 Å². The summed E-state index contributed by atoms with van der Waals surface area (Å²) >= 11 is 0. The molecule has 2 fully saturated rings. The molecule has 0 amide bonds. The highest BCUT2D eigenvalue weighted by atomic mass is 16.5. The van der Waals surface area contributed by atoms with Crippen LogP contribution in [0.5, 0.6) is 0 Å². The molecular formula is C15H30N2O. The molecule has 0 aromatic heterocycles. The molecule has 1 saturated heterocycles. The number of ether oxygens (including phenoxy) is 1. The molecule has 1 aliphatic heterocycles. The van der Waals surface area contributed by atoms with Gasteiger partial charge in [0.2, 0.25) is 0 Å². The maximum absolute atomic E-state index is 5.91. The van der Waals surface area contributed by atoms with E-state index in [4.69, 9.17) is 4.74 Å². The van der Waals surface area contributed by atoms with Gasteiger partial charge >= 0.3 is 0 Å². The molecule has 1 aliphatic carbocycles. The lowest BCUT2D eigenvalue weighted by Gasteiger charge is -2.42. The van der Waals surface area contributed by atoms with Crippen LogP contribution in [0.3, 0.4) is 0 Å². The maximum atomic E-state index is 5.91. The molecule has 4 atom stereocenters. The molecule has 0 spiro atoms. The van der Waals surface area contributed by atoms with Gasteiger partial charge in [-0.1, -0.05) is 13.8 Å². The Hall–Kier alpha value is -0.120. The van der Waals surface area contributed by atoms with Crippen molar-refractivity contribution in [3.63, 3.8) is 0 Å². The average molecular weight is 254 g/mol. The van der Waals surface area contributed by atoms with Gasteiger partial charge in [-0.15, -0.1) is 0 Å². The molecule has 1 N–H and O–H groups in total. The van der Waals surface area contributed by atoms with E-state index in [1.54, 1.807) is 0 Å². The molecule has 3 heteroatoms. The Bertz CT molecular complexity index is 247. The summed E-state index contributed by atoms with van der Waals surface area (Å²) in [7, 11) is 2.12. The molecule has 1 saturated carbocycles. The summed E-state index contributed by atoms with van der Waals surface area (Å²) in [5, 5.41) is 3.54. The molecule has 0 aromatic rings. The zero-order chi connectivity index (χ0) is 13.0. The van der Waals surface area contributed by atoms with Crippen molar-refractivity contribution in [2.45, 2.75) is 64.1 Å². The minimum atomic E-state index is 0.447. The first-order chi connectivity index (χ1) is 8.74. The molecule has 4 unspecified atom stereocenters. The molecule has 1 heterocycles. The number of hydrogen-bond donors (Lipinski definition) is 1. The van der Waals surface area contributed by atoms with E-state index in [1.807, 2.05) is 0 Å². The Morgan fingerprint density at radius 1 is 1.33 bits per heavy atom. The smallest absolute Gasteiger partial charge is 0.0699 e. The molecule has 0 aromatic carbocycles. The Labute approximate surface area is 112 Å². The van der Waals surface area contributed by atoms with Crippen LogP contribution in [0.4, 0.5) is 0 Å². The third-order valence-corrected chi connectivity index (χ3v) is 4.76. The van der Waals surface area contributed by atoms with E-state index in [-0.39, 0.29) is 0 Å². The van der Waals surface area contributed by atoms with Crippen LogP contribution >= 0.6 is 0 Å². The predicted molar refractivity (Wildman–Crippen MR) is 75.9 cm³/mol. The minimum absolute atomic E-state index is 0.447. The summed E-state index contributed by atoms with van der Waals surface area (Å²) < 4.78 is 5.91. The van der Waals surface area contributed by atoms with Crippen molar-refractivity contribution in [1.29, 1.82) is 0 Å². The second-order valence-corrected chi connectivity index (χ2v) is 6.13. The summed E-state index contributed by atoms with van der Waals surface area (Å²) in [5.74, 6) is 0.879. The molecule has 3 nitrogen and oxygen atoms in total. The number of likely N-dealkylation sites (N-methyl/N-ethyl adjacent to an activating group) is 1. The largest absolute Gasteiger partial charge is 0.377 e. The predicted octanol–water partition coefficient (Wildman–Crippen LogP) is 2.26. The summed E-state index contributed by atoms with van der Waals surface area (Å²) in [6.07, 6.45) is 6.84. The number of nitrogens with one attached hydrogen (secondary N) is 1. The Morgan fingerprint density at radius 2 is 2.17 bits per heavy atom. The van der Waals surface area contributed by atoms with Crippen molar-refractivity contribution in [1.82, 2.24) is 10.2 Å². The molecule has 0 radical (unpaired) electrons. The Kier molecular flexibility index (Phi) is 5.46. The van der Waals surface area contributed by atoms with Crippen molar-refractivity contribution in [2.24, 2.45) is 5.92 Å². The Morgan fingerprint density at radius 3 is 2.89 bits per heavy atom. The number of nitrogens with zero attached hydrogens (tertiary/aromatic N) is 1. The fraction of sp³-hybridized carbons (Fsp3) is 1.00. The van der Waals surface area contributed by atoms with Gasteiger partial charge in [0.05, 0.1) is 6.10 Å². The van der Waals surface area contributed by atoms with Crippen LogP contribution in [-0.2, 0) is 4.74 Å². The molecule has 18 heavy (non-hydrogen) atoms. The van der Waals surface area contributed by atoms with E-state index < -0.39 is 0 Å². The molecule has 2 rings (SSSR count). The third-order valence-electron chi connectivity index (χ3n) is 4.76. The molecular weight excluding hydrogens is 224 g/mol. The van der Waals surface area contributed by atoms with Crippen LogP contribution in [0.1, 0.15) is 46.0 Å². The average Bonchev–Trinajstić information content (AvgIpc) is 2.64. The SMILES string of the molecule is CCC1CN(C2CC(C)CCC2NC)CCCO1. The lowest BCUT2D eigenvalue weighted by Crippen LogP contribution is -2.53. The van der Waals surface area contributed by atoms with Crippen LogP contribution in [0.15, 0.2) is 0 Å². The summed E-state index contributed by atoms with van der Waals surface area (Å²) in [6.45, 7) is 7.94. The van der Waals surface area contributed by atoms with Crippen LogP contribution in [0.25, 0.3) is 0 Å². The van der Waals surface area contributed by atoms with Crippen LogP contribution in [0.2, 0.25) is 0 Å². The molecule has 2 aliphatic rings. The first kappa shape index (κ1) is 14.3. The quantitative estimate of drug-likeness (QED) is 0.836. The van der Waals surface area contributed by atoms with E-state index in [0.29, 0.717) is 12.1 Å². The maximum Gasteiger partial charge on any atom is 0.0699 e. The third kappa shape index (κ3) is 3.46. The van der Waals surface area contributed by atoms with E-state index in [1.165, 1.54) is 32.2 Å². The van der Waals surface area contributed by atoms with E-state index in [9.17, 15) is 0 Å². The first-order valence-electron chi connectivity index (χ1n) is 7.77. The van der Waals surface area contributed by atoms with Gasteiger partial charge < -0.3 is 10.1 Å². The highest BCUT2D eigenvalue weighted by Crippen LogP contribution is 2.29. The highest BCUT2D eigenvalue weighted by molar-refractivity contribution is 4.91. The lowest BCUT2D eigenvalue weighted by molar-refractivity contribution is 0.0334. The first-order valence-corrected chi connectivity index (χ1v) is 7.77. The van der Waals surface area contributed by atoms with Crippen molar-refractivity contribution in [3.8, 4) is 0 Å². The fourth-order valence-corrected chi connectivity index (χ4v) is 3.56. The number of hydrogen-bond acceptors (Lipinski definition) is 3. The lowest BCUT2D eigenvalue weighted by atomic mass is 9.82. The zero-order valence-electron chi connectivity index (χ0n) is 12.3. The van der Waals surface area contributed by atoms with Crippen LogP contribution in [-0.4, -0.2) is 49.8 Å². The van der Waals surface area contributed by atoms with Gasteiger partial charge in [-0.05, 0) is 45.1 Å². The van der Waals surface area contributed by atoms with Gasteiger partial charge in [0, 0.05) is 31.8 Å². The van der Waals surface area contributed by atoms with Gasteiger partial charge in [-0.3, -0.25) is 4.90 Å². The van der Waals surface area contributed by atoms with Crippen LogP contribution < -0.4 is 5.32 Å². The van der Waals surface area contributed by atoms with Gasteiger partial charge in [0.15, 0.2) is 0 Å². The summed E-state index contributed by atoms with van der Waals surface area (Å²) in [6, 6.07) is 1.39. The second kappa shape index (κ2) is 6.88. The number of rotatable bonds is 3. The molecule has 106 valence electrons. The fourth-order valence-electron chi connectivity index (χ4n) is 3.56. The van der Waals surface area contributed by atoms with Gasteiger partial charge in [0.1, 0.15) is 0 Å². The van der Waals surface area contributed by atoms with Crippen molar-refractivity contribution in [3.05, 3.63) is 0 Å². The van der Waals surface area contributed by atoms with Gasteiger partial charge in [-0.2, -0.15) is 0 Å². The van der Waals surface area contributed by atoms with Gasteiger partial charge in [0.25, 0.3) is 0 Å². The summed E-state index contributed by atoms with van der Waals surface area (Å²) in [4.78, 5) is 2.71. The Balaban J connectivity index is 2.01. The van der Waals surface area contributed by atoms with E-state index in [0.717, 1.165) is 31.5 Å². The summed E-state index contributed by atoms with van der Waals surface area (Å²) in [5.41, 5.74) is 0. The standard InChI is InChI=1S/C15H30N2O/c1-4-13-11-17(8-5-9-18-13)15-10-12(2)6-7-14(15)16-3/h12-16H,4-11H2,1-3H3. The minimum Gasteiger partial charge on any atom is -0.377 e. The van der Waals surface area contributed by atoms with Crippen LogP contribution in [0, 0.1) is 5.92 Å². The molecule has 0 bridgehead atoms. The normalized spacial score (nSPS) is 39.5. The van der Waals surface area contributed by atoms with Crippen molar-refractivity contribution in [2.75, 3.05) is 26.7 Å². The second-order valence-electron chi connectivity index (χ2n) is 6.13. The van der Waals surface area contributed by atoms with E-state index in [2.05, 4.69) is 31.1 Å². The zero-order valence-corrected chi connectivity index (χ0v) is 12.3.